The van der Waals surface area contributed by atoms with Crippen LogP contribution in [0.2, 0.25) is 0 Å². The molecule has 3 heteroatoms. The molecule has 0 aliphatic carbocycles. The van der Waals surface area contributed by atoms with E-state index in [0.717, 1.165) is 5.89 Å². The van der Waals surface area contributed by atoms with Crippen LogP contribution in [0.1, 0.15) is 26.7 Å². The molecule has 0 saturated heterocycles. The molecule has 0 aromatic carbocycles. The summed E-state index contributed by atoms with van der Waals surface area (Å²) in [6.45, 7) is 6.14. The van der Waals surface area contributed by atoms with Gasteiger partial charge in [-0.1, -0.05) is 20.8 Å². The molecule has 10 heavy (non-hydrogen) atoms. The van der Waals surface area contributed by atoms with Gasteiger partial charge in [-0.2, -0.15) is 0 Å². The van der Waals surface area contributed by atoms with Gasteiger partial charge < -0.3 is 9.40 Å². The van der Waals surface area contributed by atoms with Crippen molar-refractivity contribution < 1.29 is 62.6 Å². The van der Waals surface area contributed by atoms with Crippen LogP contribution in [0.25, 0.3) is 0 Å². The molecule has 0 saturated carbocycles. The third kappa shape index (κ3) is 2.95. The Kier molecular flexibility index (Phi) is 4.56. The van der Waals surface area contributed by atoms with E-state index in [2.05, 4.69) is 11.2 Å². The molecule has 0 spiro atoms. The van der Waals surface area contributed by atoms with Crippen molar-refractivity contribution in [2.75, 3.05) is 0 Å². The zero-order valence-corrected chi connectivity index (χ0v) is 11.8. The number of rotatable bonds is 0. The first-order valence-corrected chi connectivity index (χ1v) is 2.93. The van der Waals surface area contributed by atoms with Crippen LogP contribution in [-0.2, 0) is 5.41 Å². The summed E-state index contributed by atoms with van der Waals surface area (Å²) in [7, 11) is 0. The number of hydrogen-bond acceptors (Lipinski definition) is 2. The molecule has 2 nitrogen and oxygen atoms in total. The number of aromatic nitrogens is 1. The minimum Gasteiger partial charge on any atom is -0.553 e. The molecule has 0 radical (unpaired) electrons. The van der Waals surface area contributed by atoms with Crippen molar-refractivity contribution in [2.24, 2.45) is 0 Å². The first-order valence-electron chi connectivity index (χ1n) is 2.93. The van der Waals surface area contributed by atoms with Gasteiger partial charge in [0.2, 0.25) is 0 Å². The van der Waals surface area contributed by atoms with Crippen LogP contribution in [0.4, 0.5) is 0 Å². The second-order valence-corrected chi connectivity index (χ2v) is 3.03. The van der Waals surface area contributed by atoms with Gasteiger partial charge in [0.05, 0.1) is 0 Å². The smallest absolute Gasteiger partial charge is 0.553 e. The third-order valence-electron chi connectivity index (χ3n) is 1.03. The Labute approximate surface area is 110 Å². The fraction of sp³-hybridized carbons (Fsp3) is 0.571. The van der Waals surface area contributed by atoms with E-state index in [1.807, 2.05) is 20.8 Å². The fourth-order valence-corrected chi connectivity index (χ4v) is 0.538. The van der Waals surface area contributed by atoms with Crippen LogP contribution < -0.4 is 58.2 Å². The fourth-order valence-electron chi connectivity index (χ4n) is 0.538. The Morgan fingerprint density at radius 3 is 2.30 bits per heavy atom. The maximum absolute atomic E-state index is 5.03. The first kappa shape index (κ1) is 11.0. The number of oxazole rings is 1. The van der Waals surface area contributed by atoms with Crippen LogP contribution in [0.15, 0.2) is 10.7 Å². The summed E-state index contributed by atoms with van der Waals surface area (Å²) in [5.41, 5.74) is 0.0139. The molecule has 50 valence electrons. The van der Waals surface area contributed by atoms with Gasteiger partial charge in [0.1, 0.15) is 0 Å². The van der Waals surface area contributed by atoms with Crippen LogP contribution in [-0.4, -0.2) is 4.98 Å². The van der Waals surface area contributed by atoms with Gasteiger partial charge in [-0.15, -0.1) is 6.20 Å². The Morgan fingerprint density at radius 2 is 2.10 bits per heavy atom. The molecule has 1 rings (SSSR count). The molecule has 0 amide bonds. The molecule has 0 N–H and O–H groups in total. The maximum atomic E-state index is 5.03. The van der Waals surface area contributed by atoms with Gasteiger partial charge in [-0.25, -0.2) is 0 Å². The zero-order chi connectivity index (χ0) is 6.91. The normalized spacial score (nSPS) is 10.7. The summed E-state index contributed by atoms with van der Waals surface area (Å²) in [5, 5.41) is 0. The summed E-state index contributed by atoms with van der Waals surface area (Å²) in [5.74, 6) is 0.738. The SMILES string of the molecule is CC(C)(C)c1n[c-]co1.[Rb+]. The van der Waals surface area contributed by atoms with Crippen molar-refractivity contribution in [3.63, 3.8) is 0 Å². The first-order chi connectivity index (χ1) is 4.11. The average molecular weight is 210 g/mol. The largest absolute Gasteiger partial charge is 1.00 e. The van der Waals surface area contributed by atoms with Crippen LogP contribution >= 0.6 is 0 Å². The van der Waals surface area contributed by atoms with E-state index in [0.29, 0.717) is 0 Å². The Balaban J connectivity index is 0.000000810. The van der Waals surface area contributed by atoms with E-state index >= 15 is 0 Å². The molecular formula is C7H10NORb. The molecule has 0 fully saturated rings. The number of nitrogens with zero attached hydrogens (tertiary/aromatic N) is 1. The van der Waals surface area contributed by atoms with Gasteiger partial charge in [0.25, 0.3) is 0 Å². The second-order valence-electron chi connectivity index (χ2n) is 3.03. The second kappa shape index (κ2) is 4.14. The predicted molar refractivity (Wildman–Crippen MR) is 34.0 cm³/mol. The standard InChI is InChI=1S/C7H10NO.Rb/c1-7(2,3)6-8-4-5-9-6;/h5H,1-3H3;/q-1;+1. The molecule has 1 heterocycles. The van der Waals surface area contributed by atoms with E-state index < -0.39 is 0 Å². The van der Waals surface area contributed by atoms with Crippen molar-refractivity contribution in [1.82, 2.24) is 4.98 Å². The average Bonchev–Trinajstić information content (AvgIpc) is 2.08. The van der Waals surface area contributed by atoms with Crippen molar-refractivity contribution in [2.45, 2.75) is 26.2 Å². The van der Waals surface area contributed by atoms with Crippen molar-refractivity contribution in [3.05, 3.63) is 18.4 Å². The predicted octanol–water partition coefficient (Wildman–Crippen LogP) is -1.22. The van der Waals surface area contributed by atoms with Gasteiger partial charge >= 0.3 is 58.2 Å². The van der Waals surface area contributed by atoms with E-state index in [9.17, 15) is 0 Å². The molecule has 0 unspecified atom stereocenters. The van der Waals surface area contributed by atoms with Gasteiger partial charge in [-0.3, -0.25) is 0 Å². The van der Waals surface area contributed by atoms with E-state index in [-0.39, 0.29) is 63.6 Å². The number of hydrogen-bond donors (Lipinski definition) is 0. The summed E-state index contributed by atoms with van der Waals surface area (Å²) < 4.78 is 5.03. The van der Waals surface area contributed by atoms with Crippen molar-refractivity contribution in [1.29, 1.82) is 0 Å². The van der Waals surface area contributed by atoms with Crippen LogP contribution in [0.5, 0.6) is 0 Å². The molecule has 1 aromatic heterocycles. The molecule has 1 aromatic rings. The summed E-state index contributed by atoms with van der Waals surface area (Å²) in [6, 6.07) is 0. The minimum atomic E-state index is 0. The molecule has 0 aliphatic heterocycles. The van der Waals surface area contributed by atoms with E-state index in [4.69, 9.17) is 4.42 Å². The van der Waals surface area contributed by atoms with Crippen molar-refractivity contribution >= 4 is 0 Å². The quantitative estimate of drug-likeness (QED) is 0.501. The van der Waals surface area contributed by atoms with Gasteiger partial charge in [0, 0.05) is 5.89 Å². The van der Waals surface area contributed by atoms with Crippen LogP contribution in [0.3, 0.4) is 0 Å². The van der Waals surface area contributed by atoms with Crippen LogP contribution in [0, 0.1) is 6.20 Å². The van der Waals surface area contributed by atoms with Gasteiger partial charge in [0.15, 0.2) is 0 Å². The Hall–Kier alpha value is 1.02. The van der Waals surface area contributed by atoms with Crippen molar-refractivity contribution in [3.8, 4) is 0 Å². The molecule has 0 aliphatic rings. The minimum absolute atomic E-state index is 0. The summed E-state index contributed by atoms with van der Waals surface area (Å²) in [4.78, 5) is 3.90. The summed E-state index contributed by atoms with van der Waals surface area (Å²) in [6.07, 6.45) is 4.09. The summed E-state index contributed by atoms with van der Waals surface area (Å²) >= 11 is 0. The molecular weight excluding hydrogens is 200 g/mol. The van der Waals surface area contributed by atoms with E-state index in [1.165, 1.54) is 6.26 Å². The zero-order valence-electron chi connectivity index (χ0n) is 6.93. The Morgan fingerprint density at radius 1 is 1.50 bits per heavy atom. The topological polar surface area (TPSA) is 26.0 Å². The maximum Gasteiger partial charge on any atom is 1.00 e. The van der Waals surface area contributed by atoms with Gasteiger partial charge in [-0.05, 0) is 11.7 Å². The Bertz CT molecular complexity index is 176. The molecule has 0 atom stereocenters. The van der Waals surface area contributed by atoms with E-state index in [1.54, 1.807) is 0 Å². The third-order valence-corrected chi connectivity index (χ3v) is 1.03. The monoisotopic (exact) mass is 209 g/mol. The molecule has 0 bridgehead atoms.